The Kier molecular flexibility index (Phi) is 5.36. The number of ether oxygens (including phenoxy) is 1. The van der Waals surface area contributed by atoms with Gasteiger partial charge in [0, 0.05) is 24.0 Å². The molecule has 0 aliphatic carbocycles. The molecular formula is C22H24Cl2N2O. The third-order valence-corrected chi connectivity index (χ3v) is 6.20. The molecule has 0 spiro atoms. The molecule has 27 heavy (non-hydrogen) atoms. The van der Waals surface area contributed by atoms with E-state index in [9.17, 15) is 0 Å². The van der Waals surface area contributed by atoms with Crippen LogP contribution in [-0.4, -0.2) is 24.3 Å². The first-order chi connectivity index (χ1) is 13.0. The highest BCUT2D eigenvalue weighted by Gasteiger charge is 2.20. The lowest BCUT2D eigenvalue weighted by molar-refractivity contribution is 0.298. The lowest BCUT2D eigenvalue weighted by atomic mass is 10.1. The van der Waals surface area contributed by atoms with E-state index in [0.29, 0.717) is 16.7 Å². The number of aromatic nitrogens is 1. The number of rotatable bonds is 4. The van der Waals surface area contributed by atoms with Crippen LogP contribution in [0.15, 0.2) is 30.3 Å². The third kappa shape index (κ3) is 3.69. The smallest absolute Gasteiger partial charge is 0.119 e. The largest absolute Gasteiger partial charge is 0.492 e. The first kappa shape index (κ1) is 18.7. The second-order valence-electron chi connectivity index (χ2n) is 7.20. The molecule has 5 heteroatoms. The molecule has 0 unspecified atom stereocenters. The molecule has 0 radical (unpaired) electrons. The summed E-state index contributed by atoms with van der Waals surface area (Å²) in [6.07, 6.45) is 2.01. The normalized spacial score (nSPS) is 14.2. The molecule has 142 valence electrons. The average Bonchev–Trinajstić information content (AvgIpc) is 2.80. The summed E-state index contributed by atoms with van der Waals surface area (Å²) in [5, 5.41) is 5.93. The molecule has 0 saturated carbocycles. The molecule has 1 N–H and O–H groups in total. The molecule has 4 rings (SSSR count). The highest BCUT2D eigenvalue weighted by atomic mass is 35.5. The van der Waals surface area contributed by atoms with Gasteiger partial charge in [0.15, 0.2) is 0 Å². The van der Waals surface area contributed by atoms with Crippen LogP contribution in [0.2, 0.25) is 10.0 Å². The van der Waals surface area contributed by atoms with E-state index in [1.54, 1.807) is 0 Å². The Hall–Kier alpha value is -1.68. The van der Waals surface area contributed by atoms with Crippen molar-refractivity contribution in [2.75, 3.05) is 19.7 Å². The van der Waals surface area contributed by atoms with Crippen LogP contribution in [-0.2, 0) is 19.4 Å². The zero-order valence-electron chi connectivity index (χ0n) is 15.7. The molecule has 1 aromatic heterocycles. The summed E-state index contributed by atoms with van der Waals surface area (Å²) in [5.74, 6) is 0.920. The fraction of sp³-hybridized carbons (Fsp3) is 0.364. The van der Waals surface area contributed by atoms with Crippen LogP contribution in [0.1, 0.15) is 22.4 Å². The first-order valence-corrected chi connectivity index (χ1v) is 10.2. The number of halogens is 2. The van der Waals surface area contributed by atoms with Crippen LogP contribution < -0.4 is 10.1 Å². The third-order valence-electron chi connectivity index (χ3n) is 5.48. The number of aryl methyl sites for hydroxylation is 2. The molecule has 0 bridgehead atoms. The second kappa shape index (κ2) is 7.75. The lowest BCUT2D eigenvalue weighted by Crippen LogP contribution is -2.18. The van der Waals surface area contributed by atoms with E-state index in [0.717, 1.165) is 43.7 Å². The van der Waals surface area contributed by atoms with Gasteiger partial charge in [-0.3, -0.25) is 0 Å². The summed E-state index contributed by atoms with van der Waals surface area (Å²) >= 11 is 12.6. The van der Waals surface area contributed by atoms with Gasteiger partial charge in [0.05, 0.1) is 22.1 Å². The van der Waals surface area contributed by atoms with Gasteiger partial charge in [-0.2, -0.15) is 0 Å². The first-order valence-electron chi connectivity index (χ1n) is 9.44. The van der Waals surface area contributed by atoms with Gasteiger partial charge in [-0.25, -0.2) is 0 Å². The molecular weight excluding hydrogens is 379 g/mol. The maximum Gasteiger partial charge on any atom is 0.119 e. The monoisotopic (exact) mass is 402 g/mol. The average molecular weight is 403 g/mol. The van der Waals surface area contributed by atoms with Crippen molar-refractivity contribution >= 4 is 34.1 Å². The molecule has 0 fully saturated rings. The zero-order chi connectivity index (χ0) is 19.0. The number of hydrogen-bond acceptors (Lipinski definition) is 2. The van der Waals surface area contributed by atoms with Crippen LogP contribution in [0, 0.1) is 13.8 Å². The van der Waals surface area contributed by atoms with Crippen molar-refractivity contribution in [3.63, 3.8) is 0 Å². The van der Waals surface area contributed by atoms with Gasteiger partial charge in [0.2, 0.25) is 0 Å². The van der Waals surface area contributed by atoms with Crippen molar-refractivity contribution in [3.8, 4) is 5.75 Å². The van der Waals surface area contributed by atoms with Crippen molar-refractivity contribution in [1.29, 1.82) is 0 Å². The summed E-state index contributed by atoms with van der Waals surface area (Å²) in [7, 11) is 0. The fourth-order valence-electron chi connectivity index (χ4n) is 3.89. The zero-order valence-corrected chi connectivity index (χ0v) is 17.3. The minimum absolute atomic E-state index is 0.603. The molecule has 0 amide bonds. The van der Waals surface area contributed by atoms with E-state index in [1.165, 1.54) is 27.8 Å². The topological polar surface area (TPSA) is 26.2 Å². The number of fused-ring (bicyclic) bond motifs is 3. The molecule has 2 aromatic carbocycles. The van der Waals surface area contributed by atoms with Crippen molar-refractivity contribution in [3.05, 3.63) is 62.8 Å². The second-order valence-corrected chi connectivity index (χ2v) is 8.02. The summed E-state index contributed by atoms with van der Waals surface area (Å²) in [6, 6.07) is 10.3. The SMILES string of the molecule is Cc1ccc(OCCn2c3c(c4cc(Cl)c(Cl)cc42)CCNCC3)cc1C. The quantitative estimate of drug-likeness (QED) is 0.637. The number of benzene rings is 2. The van der Waals surface area contributed by atoms with E-state index in [2.05, 4.69) is 35.9 Å². The maximum atomic E-state index is 6.33. The Bertz CT molecular complexity index is 994. The van der Waals surface area contributed by atoms with Gasteiger partial charge < -0.3 is 14.6 Å². The van der Waals surface area contributed by atoms with Crippen LogP contribution >= 0.6 is 23.2 Å². The summed E-state index contributed by atoms with van der Waals surface area (Å²) in [5.41, 5.74) is 6.44. The van der Waals surface area contributed by atoms with Crippen LogP contribution in [0.4, 0.5) is 0 Å². The molecule has 1 aliphatic heterocycles. The summed E-state index contributed by atoms with van der Waals surface area (Å²) < 4.78 is 8.41. The molecule has 2 heterocycles. The Labute approximate surface area is 170 Å². The summed E-state index contributed by atoms with van der Waals surface area (Å²) in [6.45, 7) is 7.61. The number of nitrogens with one attached hydrogen (secondary N) is 1. The fourth-order valence-corrected chi connectivity index (χ4v) is 4.21. The Morgan fingerprint density at radius 3 is 2.59 bits per heavy atom. The lowest BCUT2D eigenvalue weighted by Gasteiger charge is -2.13. The van der Waals surface area contributed by atoms with Crippen molar-refractivity contribution in [1.82, 2.24) is 9.88 Å². The Balaban J connectivity index is 1.64. The molecule has 0 atom stereocenters. The summed E-state index contributed by atoms with van der Waals surface area (Å²) in [4.78, 5) is 0. The van der Waals surface area contributed by atoms with E-state index >= 15 is 0 Å². The number of hydrogen-bond donors (Lipinski definition) is 1. The highest BCUT2D eigenvalue weighted by molar-refractivity contribution is 6.42. The predicted molar refractivity (Wildman–Crippen MR) is 114 cm³/mol. The molecule has 0 saturated heterocycles. The molecule has 3 nitrogen and oxygen atoms in total. The van der Waals surface area contributed by atoms with Gasteiger partial charge in [0.25, 0.3) is 0 Å². The van der Waals surface area contributed by atoms with Gasteiger partial charge in [0.1, 0.15) is 12.4 Å². The molecule has 3 aromatic rings. The van der Waals surface area contributed by atoms with E-state index in [1.807, 2.05) is 18.2 Å². The van der Waals surface area contributed by atoms with Gasteiger partial charge >= 0.3 is 0 Å². The van der Waals surface area contributed by atoms with Crippen LogP contribution in [0.25, 0.3) is 10.9 Å². The minimum Gasteiger partial charge on any atom is -0.492 e. The minimum atomic E-state index is 0.603. The number of nitrogens with zero attached hydrogens (tertiary/aromatic N) is 1. The van der Waals surface area contributed by atoms with Crippen LogP contribution in [0.5, 0.6) is 5.75 Å². The van der Waals surface area contributed by atoms with E-state index in [4.69, 9.17) is 27.9 Å². The van der Waals surface area contributed by atoms with Gasteiger partial charge in [-0.1, -0.05) is 29.3 Å². The van der Waals surface area contributed by atoms with Gasteiger partial charge in [-0.05, 0) is 67.8 Å². The Morgan fingerprint density at radius 1 is 1.00 bits per heavy atom. The molecule has 1 aliphatic rings. The maximum absolute atomic E-state index is 6.33. The highest BCUT2D eigenvalue weighted by Crippen LogP contribution is 2.34. The van der Waals surface area contributed by atoms with Gasteiger partial charge in [-0.15, -0.1) is 0 Å². The standard InChI is InChI=1S/C22H24Cl2N2O/c1-14-3-4-16(11-15(14)2)27-10-9-26-21-6-8-25-7-5-17(21)18-12-19(23)20(24)13-22(18)26/h3-4,11-13,25H,5-10H2,1-2H3. The Morgan fingerprint density at radius 2 is 1.78 bits per heavy atom. The van der Waals surface area contributed by atoms with Crippen molar-refractivity contribution < 1.29 is 4.74 Å². The van der Waals surface area contributed by atoms with Crippen molar-refractivity contribution in [2.45, 2.75) is 33.2 Å². The predicted octanol–water partition coefficient (Wildman–Crippen LogP) is 5.33. The van der Waals surface area contributed by atoms with Crippen molar-refractivity contribution in [2.24, 2.45) is 0 Å². The van der Waals surface area contributed by atoms with E-state index in [-0.39, 0.29) is 0 Å². The van der Waals surface area contributed by atoms with Crippen LogP contribution in [0.3, 0.4) is 0 Å². The van der Waals surface area contributed by atoms with E-state index < -0.39 is 0 Å².